The molecule has 0 fully saturated rings. The molecule has 0 bridgehead atoms. The summed E-state index contributed by atoms with van der Waals surface area (Å²) in [6.45, 7) is 9.08. The maximum atomic E-state index is 9.90. The third kappa shape index (κ3) is 5.80. The van der Waals surface area contributed by atoms with Gasteiger partial charge >= 0.3 is 0 Å². The van der Waals surface area contributed by atoms with Crippen molar-refractivity contribution in [3.05, 3.63) is 30.1 Å². The average molecular weight is 236 g/mol. The van der Waals surface area contributed by atoms with Crippen molar-refractivity contribution in [2.24, 2.45) is 5.41 Å². The highest BCUT2D eigenvalue weighted by Crippen LogP contribution is 2.20. The van der Waals surface area contributed by atoms with E-state index in [-0.39, 0.29) is 17.6 Å². The number of nitrogens with one attached hydrogen (secondary N) is 1. The van der Waals surface area contributed by atoms with Gasteiger partial charge in [-0.2, -0.15) is 0 Å². The van der Waals surface area contributed by atoms with Crippen LogP contribution in [0.25, 0.3) is 0 Å². The Balaban J connectivity index is 2.36. The van der Waals surface area contributed by atoms with Crippen molar-refractivity contribution in [2.45, 2.75) is 46.3 Å². The molecule has 1 aromatic heterocycles. The summed E-state index contributed by atoms with van der Waals surface area (Å²) in [7, 11) is 0. The zero-order valence-electron chi connectivity index (χ0n) is 11.3. The Hall–Kier alpha value is -0.930. The van der Waals surface area contributed by atoms with E-state index in [1.807, 2.05) is 18.2 Å². The van der Waals surface area contributed by atoms with E-state index in [2.05, 4.69) is 38.0 Å². The maximum Gasteiger partial charge on any atom is 0.0669 e. The van der Waals surface area contributed by atoms with Gasteiger partial charge in [0.25, 0.3) is 0 Å². The van der Waals surface area contributed by atoms with Crippen LogP contribution in [0, 0.1) is 5.41 Å². The number of pyridine rings is 1. The fraction of sp³-hybridized carbons (Fsp3) is 0.643. The molecule has 0 aliphatic heterocycles. The van der Waals surface area contributed by atoms with Crippen LogP contribution in [0.1, 0.15) is 45.9 Å². The quantitative estimate of drug-likeness (QED) is 0.825. The number of hydrogen-bond acceptors (Lipinski definition) is 3. The molecule has 0 aliphatic carbocycles. The lowest BCUT2D eigenvalue weighted by atomic mass is 9.89. The summed E-state index contributed by atoms with van der Waals surface area (Å²) in [6.07, 6.45) is 2.29. The third-order valence-corrected chi connectivity index (χ3v) is 2.64. The van der Waals surface area contributed by atoms with Crippen LogP contribution in [0.15, 0.2) is 24.4 Å². The molecule has 3 heteroatoms. The van der Waals surface area contributed by atoms with Crippen molar-refractivity contribution in [3.63, 3.8) is 0 Å². The van der Waals surface area contributed by atoms with Gasteiger partial charge in [-0.3, -0.25) is 4.98 Å². The number of nitrogens with zero attached hydrogens (tertiary/aromatic N) is 1. The molecule has 2 atom stereocenters. The van der Waals surface area contributed by atoms with Gasteiger partial charge in [-0.25, -0.2) is 0 Å². The van der Waals surface area contributed by atoms with Gasteiger partial charge in [0.2, 0.25) is 0 Å². The summed E-state index contributed by atoms with van der Waals surface area (Å²) in [4.78, 5) is 4.29. The first-order valence-electron chi connectivity index (χ1n) is 6.21. The fourth-order valence-corrected chi connectivity index (χ4v) is 1.83. The molecule has 2 N–H and O–H groups in total. The summed E-state index contributed by atoms with van der Waals surface area (Å²) in [5.74, 6) is 0. The fourth-order valence-electron chi connectivity index (χ4n) is 1.83. The van der Waals surface area contributed by atoms with Gasteiger partial charge in [-0.15, -0.1) is 0 Å². The van der Waals surface area contributed by atoms with Crippen LogP contribution in [-0.4, -0.2) is 22.7 Å². The molecule has 0 saturated heterocycles. The molecule has 0 amide bonds. The Bertz CT molecular complexity index is 319. The molecule has 0 spiro atoms. The van der Waals surface area contributed by atoms with Crippen molar-refractivity contribution in [1.29, 1.82) is 0 Å². The first-order chi connectivity index (χ1) is 7.88. The van der Waals surface area contributed by atoms with Crippen molar-refractivity contribution < 1.29 is 5.11 Å². The van der Waals surface area contributed by atoms with Gasteiger partial charge < -0.3 is 10.4 Å². The zero-order valence-corrected chi connectivity index (χ0v) is 11.3. The van der Waals surface area contributed by atoms with E-state index >= 15 is 0 Å². The van der Waals surface area contributed by atoms with Crippen LogP contribution in [0.3, 0.4) is 0 Å². The molecule has 2 unspecified atom stereocenters. The number of aromatic nitrogens is 1. The molecule has 0 aliphatic rings. The molecule has 1 rings (SSSR count). The van der Waals surface area contributed by atoms with Crippen molar-refractivity contribution in [1.82, 2.24) is 10.3 Å². The number of rotatable bonds is 5. The van der Waals surface area contributed by atoms with Crippen LogP contribution >= 0.6 is 0 Å². The topological polar surface area (TPSA) is 45.1 Å². The second kappa shape index (κ2) is 6.12. The highest BCUT2D eigenvalue weighted by molar-refractivity contribution is 5.07. The standard InChI is InChI=1S/C14H24N2O/c1-11(13-7-5-6-8-15-13)16-10-12(17)9-14(2,3)4/h5-8,11-12,16-17H,9-10H2,1-4H3. The second-order valence-corrected chi connectivity index (χ2v) is 5.80. The van der Waals surface area contributed by atoms with Crippen LogP contribution in [-0.2, 0) is 0 Å². The molecular weight excluding hydrogens is 212 g/mol. The minimum atomic E-state index is -0.304. The predicted octanol–water partition coefficient (Wildman–Crippen LogP) is 2.53. The third-order valence-electron chi connectivity index (χ3n) is 2.64. The summed E-state index contributed by atoms with van der Waals surface area (Å²) < 4.78 is 0. The van der Waals surface area contributed by atoms with E-state index in [1.54, 1.807) is 6.20 Å². The summed E-state index contributed by atoms with van der Waals surface area (Å²) in [5.41, 5.74) is 1.17. The lowest BCUT2D eigenvalue weighted by Crippen LogP contribution is -2.32. The van der Waals surface area contributed by atoms with E-state index in [0.717, 1.165) is 12.1 Å². The minimum absolute atomic E-state index is 0.162. The average Bonchev–Trinajstić information content (AvgIpc) is 2.25. The van der Waals surface area contributed by atoms with Crippen LogP contribution in [0.4, 0.5) is 0 Å². The molecule has 1 aromatic rings. The monoisotopic (exact) mass is 236 g/mol. The highest BCUT2D eigenvalue weighted by atomic mass is 16.3. The summed E-state index contributed by atoms with van der Waals surface area (Å²) in [6, 6.07) is 6.05. The van der Waals surface area contributed by atoms with E-state index in [4.69, 9.17) is 0 Å². The Kier molecular flexibility index (Phi) is 5.09. The summed E-state index contributed by atoms with van der Waals surface area (Å²) in [5, 5.41) is 13.2. The molecule has 0 saturated carbocycles. The first kappa shape index (κ1) is 14.1. The number of aliphatic hydroxyl groups excluding tert-OH is 1. The summed E-state index contributed by atoms with van der Waals surface area (Å²) >= 11 is 0. The van der Waals surface area contributed by atoms with Gasteiger partial charge in [0.1, 0.15) is 0 Å². The van der Waals surface area contributed by atoms with Gasteiger partial charge in [0.15, 0.2) is 0 Å². The second-order valence-electron chi connectivity index (χ2n) is 5.80. The van der Waals surface area contributed by atoms with Gasteiger partial charge in [-0.05, 0) is 30.9 Å². The molecule has 3 nitrogen and oxygen atoms in total. The molecule has 0 aromatic carbocycles. The lowest BCUT2D eigenvalue weighted by Gasteiger charge is -2.23. The molecular formula is C14H24N2O. The molecule has 96 valence electrons. The number of hydrogen-bond donors (Lipinski definition) is 2. The smallest absolute Gasteiger partial charge is 0.0669 e. The predicted molar refractivity (Wildman–Crippen MR) is 70.7 cm³/mol. The molecule has 0 radical (unpaired) electrons. The lowest BCUT2D eigenvalue weighted by molar-refractivity contribution is 0.117. The SMILES string of the molecule is CC(NCC(O)CC(C)(C)C)c1ccccn1. The molecule has 17 heavy (non-hydrogen) atoms. The normalized spacial score (nSPS) is 15.6. The minimum Gasteiger partial charge on any atom is -0.392 e. The van der Waals surface area contributed by atoms with Gasteiger partial charge in [-0.1, -0.05) is 26.8 Å². The highest BCUT2D eigenvalue weighted by Gasteiger charge is 2.17. The van der Waals surface area contributed by atoms with Crippen molar-refractivity contribution >= 4 is 0 Å². The van der Waals surface area contributed by atoms with E-state index in [9.17, 15) is 5.11 Å². The largest absolute Gasteiger partial charge is 0.392 e. The van der Waals surface area contributed by atoms with Crippen molar-refractivity contribution in [2.75, 3.05) is 6.54 Å². The Morgan fingerprint density at radius 1 is 1.35 bits per heavy atom. The van der Waals surface area contributed by atoms with E-state index in [0.29, 0.717) is 6.54 Å². The maximum absolute atomic E-state index is 9.90. The van der Waals surface area contributed by atoms with Crippen LogP contribution in [0.5, 0.6) is 0 Å². The Morgan fingerprint density at radius 2 is 2.06 bits per heavy atom. The van der Waals surface area contributed by atoms with Crippen molar-refractivity contribution in [3.8, 4) is 0 Å². The Morgan fingerprint density at radius 3 is 2.59 bits per heavy atom. The van der Waals surface area contributed by atoms with E-state index < -0.39 is 0 Å². The Labute approximate surface area is 104 Å². The number of aliphatic hydroxyl groups is 1. The van der Waals surface area contributed by atoms with Crippen LogP contribution < -0.4 is 5.32 Å². The molecule has 1 heterocycles. The zero-order chi connectivity index (χ0) is 12.9. The first-order valence-corrected chi connectivity index (χ1v) is 6.21. The van der Waals surface area contributed by atoms with E-state index in [1.165, 1.54) is 0 Å². The van der Waals surface area contributed by atoms with Crippen LogP contribution in [0.2, 0.25) is 0 Å². The van der Waals surface area contributed by atoms with Gasteiger partial charge in [0.05, 0.1) is 11.8 Å². The van der Waals surface area contributed by atoms with Gasteiger partial charge in [0, 0.05) is 18.8 Å².